The van der Waals surface area contributed by atoms with Crippen LogP contribution in [0.25, 0.3) is 27.8 Å². The monoisotopic (exact) mass is 306 g/mol. The molecule has 2 aromatic carbocycles. The van der Waals surface area contributed by atoms with Gasteiger partial charge in [0.2, 0.25) is 0 Å². The van der Waals surface area contributed by atoms with Crippen LogP contribution in [0.4, 0.5) is 5.69 Å². The van der Waals surface area contributed by atoms with Gasteiger partial charge in [-0.15, -0.1) is 0 Å². The minimum Gasteiger partial charge on any atom is -0.497 e. The van der Waals surface area contributed by atoms with E-state index in [-0.39, 0.29) is 5.56 Å². The van der Waals surface area contributed by atoms with Gasteiger partial charge in [0.25, 0.3) is 5.56 Å². The third-order valence-corrected chi connectivity index (χ3v) is 3.87. The van der Waals surface area contributed by atoms with Crippen LogP contribution in [0, 0.1) is 0 Å². The number of anilines is 1. The number of fused-ring (bicyclic) bond motifs is 3. The van der Waals surface area contributed by atoms with E-state index >= 15 is 0 Å². The number of pyridine rings is 1. The average molecular weight is 306 g/mol. The van der Waals surface area contributed by atoms with Gasteiger partial charge >= 0.3 is 0 Å². The van der Waals surface area contributed by atoms with E-state index < -0.39 is 0 Å². The normalized spacial score (nSPS) is 11.2. The molecule has 0 unspecified atom stereocenters. The molecule has 3 N–H and O–H groups in total. The molecule has 0 fully saturated rings. The summed E-state index contributed by atoms with van der Waals surface area (Å²) < 4.78 is 6.54. The number of nitrogens with zero attached hydrogens (tertiary/aromatic N) is 2. The smallest absolute Gasteiger partial charge is 0.282 e. The van der Waals surface area contributed by atoms with Crippen molar-refractivity contribution in [2.45, 2.75) is 0 Å². The number of benzene rings is 2. The summed E-state index contributed by atoms with van der Waals surface area (Å²) in [5, 5.41) is 5.36. The van der Waals surface area contributed by atoms with Crippen molar-refractivity contribution in [3.05, 3.63) is 59.0 Å². The molecule has 0 bridgehead atoms. The van der Waals surface area contributed by atoms with E-state index in [4.69, 9.17) is 10.5 Å². The van der Waals surface area contributed by atoms with Crippen LogP contribution in [-0.4, -0.2) is 21.9 Å². The number of nitrogens with one attached hydrogen (secondary N) is 1. The Morgan fingerprint density at radius 3 is 2.70 bits per heavy atom. The van der Waals surface area contributed by atoms with Crippen molar-refractivity contribution in [1.82, 2.24) is 14.8 Å². The van der Waals surface area contributed by atoms with Gasteiger partial charge in [0, 0.05) is 22.8 Å². The van der Waals surface area contributed by atoms with Crippen molar-refractivity contribution in [1.29, 1.82) is 0 Å². The Bertz CT molecular complexity index is 1030. The SMILES string of the molecule is COc1ccc(-n2nc3c4ccc(N)cc4[nH]cc-3c2=O)cc1. The molecular formula is C17H14N4O2. The Labute approximate surface area is 131 Å². The Morgan fingerprint density at radius 1 is 1.17 bits per heavy atom. The molecule has 0 saturated carbocycles. The number of hydrogen-bond acceptors (Lipinski definition) is 4. The Hall–Kier alpha value is -3.28. The number of aromatic nitrogens is 3. The molecule has 6 heteroatoms. The minimum atomic E-state index is -0.167. The number of hydrogen-bond donors (Lipinski definition) is 2. The van der Waals surface area contributed by atoms with Crippen molar-refractivity contribution >= 4 is 16.6 Å². The van der Waals surface area contributed by atoms with Crippen LogP contribution in [0.15, 0.2) is 53.5 Å². The molecule has 2 aliphatic rings. The van der Waals surface area contributed by atoms with E-state index in [1.807, 2.05) is 12.1 Å². The Morgan fingerprint density at radius 2 is 1.96 bits per heavy atom. The van der Waals surface area contributed by atoms with E-state index in [2.05, 4.69) is 10.1 Å². The van der Waals surface area contributed by atoms with Crippen molar-refractivity contribution in [2.75, 3.05) is 12.8 Å². The number of rotatable bonds is 2. The van der Waals surface area contributed by atoms with Gasteiger partial charge in [0.05, 0.1) is 18.4 Å². The average Bonchev–Trinajstić information content (AvgIpc) is 2.92. The van der Waals surface area contributed by atoms with Crippen LogP contribution in [-0.2, 0) is 0 Å². The summed E-state index contributed by atoms with van der Waals surface area (Å²) in [4.78, 5) is 15.7. The number of nitrogens with two attached hydrogens (primary N) is 1. The first-order chi connectivity index (χ1) is 11.2. The number of H-pyrrole nitrogens is 1. The molecule has 0 amide bonds. The predicted molar refractivity (Wildman–Crippen MR) is 89.3 cm³/mol. The highest BCUT2D eigenvalue weighted by atomic mass is 16.5. The van der Waals surface area contributed by atoms with Crippen molar-refractivity contribution in [3.8, 4) is 22.7 Å². The quantitative estimate of drug-likeness (QED) is 0.557. The summed E-state index contributed by atoms with van der Waals surface area (Å²) in [7, 11) is 1.60. The zero-order valence-electron chi connectivity index (χ0n) is 12.4. The second-order valence-corrected chi connectivity index (χ2v) is 5.27. The fourth-order valence-electron chi connectivity index (χ4n) is 2.68. The summed E-state index contributed by atoms with van der Waals surface area (Å²) in [5.74, 6) is 0.729. The fraction of sp³-hybridized carbons (Fsp3) is 0.0588. The van der Waals surface area contributed by atoms with Gasteiger partial charge in [-0.05, 0) is 42.5 Å². The largest absolute Gasteiger partial charge is 0.497 e. The van der Waals surface area contributed by atoms with Gasteiger partial charge in [-0.3, -0.25) is 4.79 Å². The Balaban J connectivity index is 1.97. The lowest BCUT2D eigenvalue weighted by Crippen LogP contribution is -2.14. The molecule has 6 nitrogen and oxygen atoms in total. The minimum absolute atomic E-state index is 0.167. The molecule has 4 rings (SSSR count). The zero-order chi connectivity index (χ0) is 16.0. The maximum atomic E-state index is 12.6. The van der Waals surface area contributed by atoms with Crippen LogP contribution in [0.1, 0.15) is 0 Å². The molecule has 0 spiro atoms. The number of methoxy groups -OCH3 is 1. The second-order valence-electron chi connectivity index (χ2n) is 5.27. The molecule has 23 heavy (non-hydrogen) atoms. The molecule has 0 aromatic heterocycles. The zero-order valence-corrected chi connectivity index (χ0v) is 12.4. The third-order valence-electron chi connectivity index (χ3n) is 3.87. The van der Waals surface area contributed by atoms with Gasteiger partial charge < -0.3 is 15.5 Å². The lowest BCUT2D eigenvalue weighted by Gasteiger charge is -2.03. The predicted octanol–water partition coefficient (Wildman–Crippen LogP) is 2.41. The maximum Gasteiger partial charge on any atom is 0.282 e. The maximum absolute atomic E-state index is 12.6. The lowest BCUT2D eigenvalue weighted by molar-refractivity contribution is 0.414. The molecule has 0 atom stereocenters. The standard InChI is InChI=1S/C17H14N4O2/c1-23-12-5-3-11(4-6-12)21-17(22)14-9-19-15-8-10(18)2-7-13(15)16(14)20-21/h2-9,19H,18H2,1H3. The first kappa shape index (κ1) is 13.4. The highest BCUT2D eigenvalue weighted by Gasteiger charge is 2.18. The second kappa shape index (κ2) is 4.88. The number of nitrogen functional groups attached to an aromatic ring is 1. The highest BCUT2D eigenvalue weighted by molar-refractivity contribution is 5.94. The first-order valence-electron chi connectivity index (χ1n) is 7.11. The van der Waals surface area contributed by atoms with Crippen LogP contribution >= 0.6 is 0 Å². The number of ether oxygens (including phenoxy) is 1. The van der Waals surface area contributed by atoms with Crippen LogP contribution in [0.2, 0.25) is 0 Å². The Kier molecular flexibility index (Phi) is 2.84. The summed E-state index contributed by atoms with van der Waals surface area (Å²) in [5.41, 5.74) is 9.02. The highest BCUT2D eigenvalue weighted by Crippen LogP contribution is 2.27. The van der Waals surface area contributed by atoms with Crippen LogP contribution in [0.5, 0.6) is 5.75 Å². The van der Waals surface area contributed by atoms with E-state index in [1.54, 1.807) is 43.6 Å². The summed E-state index contributed by atoms with van der Waals surface area (Å²) >= 11 is 0. The summed E-state index contributed by atoms with van der Waals surface area (Å²) in [6, 6.07) is 12.7. The van der Waals surface area contributed by atoms with E-state index in [9.17, 15) is 4.79 Å². The first-order valence-corrected chi connectivity index (χ1v) is 7.11. The molecule has 2 aliphatic heterocycles. The molecule has 2 aromatic rings. The van der Waals surface area contributed by atoms with Gasteiger partial charge in [-0.1, -0.05) is 0 Å². The topological polar surface area (TPSA) is 85.9 Å². The molecular weight excluding hydrogens is 292 g/mol. The van der Waals surface area contributed by atoms with Crippen molar-refractivity contribution < 1.29 is 4.74 Å². The van der Waals surface area contributed by atoms with Crippen molar-refractivity contribution in [3.63, 3.8) is 0 Å². The van der Waals surface area contributed by atoms with E-state index in [0.29, 0.717) is 22.6 Å². The fourth-order valence-corrected chi connectivity index (χ4v) is 2.68. The molecule has 114 valence electrons. The number of aromatic amines is 1. The van der Waals surface area contributed by atoms with Crippen LogP contribution < -0.4 is 16.0 Å². The summed E-state index contributed by atoms with van der Waals surface area (Å²) in [6.07, 6.45) is 1.67. The van der Waals surface area contributed by atoms with Gasteiger partial charge in [0.1, 0.15) is 11.4 Å². The molecule has 0 saturated heterocycles. The van der Waals surface area contributed by atoms with Crippen molar-refractivity contribution in [2.24, 2.45) is 0 Å². The lowest BCUT2D eigenvalue weighted by atomic mass is 10.1. The van der Waals surface area contributed by atoms with Crippen LogP contribution in [0.3, 0.4) is 0 Å². The van der Waals surface area contributed by atoms with Gasteiger partial charge in [-0.25, -0.2) is 0 Å². The molecule has 0 radical (unpaired) electrons. The molecule has 2 heterocycles. The van der Waals surface area contributed by atoms with E-state index in [1.165, 1.54) is 4.68 Å². The molecule has 0 aliphatic carbocycles. The third kappa shape index (κ3) is 2.03. The van der Waals surface area contributed by atoms with Gasteiger partial charge in [-0.2, -0.15) is 9.78 Å². The van der Waals surface area contributed by atoms with E-state index in [0.717, 1.165) is 16.7 Å². The summed E-state index contributed by atoms with van der Waals surface area (Å²) in [6.45, 7) is 0. The van der Waals surface area contributed by atoms with Gasteiger partial charge in [0.15, 0.2) is 0 Å².